The quantitative estimate of drug-likeness (QED) is 0.504. The molecule has 3 heteroatoms. The van der Waals surface area contributed by atoms with Crippen LogP contribution in [-0.2, 0) is 4.79 Å². The van der Waals surface area contributed by atoms with Crippen LogP contribution in [0.4, 0.5) is 0 Å². The van der Waals surface area contributed by atoms with Crippen LogP contribution in [0.25, 0.3) is 0 Å². The number of alkyl halides is 1. The Morgan fingerprint density at radius 2 is 1.91 bits per heavy atom. The first-order valence-electron chi connectivity index (χ1n) is 3.39. The lowest BCUT2D eigenvalue weighted by Gasteiger charge is -2.25. The summed E-state index contributed by atoms with van der Waals surface area (Å²) in [6.45, 7) is 9.30. The molecule has 0 rings (SSSR count). The number of hydrogen-bond donors (Lipinski definition) is 1. The molecule has 0 aromatic rings. The van der Waals surface area contributed by atoms with Gasteiger partial charge in [0.15, 0.2) is 0 Å². The van der Waals surface area contributed by atoms with Crippen molar-refractivity contribution in [3.05, 3.63) is 12.2 Å². The van der Waals surface area contributed by atoms with E-state index >= 15 is 0 Å². The third-order valence-corrected chi connectivity index (χ3v) is 2.30. The maximum Gasteiger partial charge on any atom is 0.245 e. The average Bonchev–Trinajstić information content (AvgIpc) is 1.82. The Kier molecular flexibility index (Phi) is 3.12. The van der Waals surface area contributed by atoms with Gasteiger partial charge in [-0.1, -0.05) is 27.4 Å². The van der Waals surface area contributed by atoms with Crippen molar-refractivity contribution in [3.8, 4) is 0 Å². The van der Waals surface area contributed by atoms with Crippen LogP contribution in [0.15, 0.2) is 12.2 Å². The van der Waals surface area contributed by atoms with E-state index in [-0.39, 0.29) is 16.4 Å². The zero-order valence-electron chi connectivity index (χ0n) is 7.15. The SMILES string of the molecule is C=C(C(N)=O)C(Cl)C(C)(C)C. The van der Waals surface area contributed by atoms with Gasteiger partial charge in [-0.05, 0) is 5.41 Å². The van der Waals surface area contributed by atoms with Crippen LogP contribution in [-0.4, -0.2) is 11.3 Å². The summed E-state index contributed by atoms with van der Waals surface area (Å²) in [5, 5.41) is -0.389. The predicted octanol–water partition coefficient (Wildman–Crippen LogP) is 1.68. The summed E-state index contributed by atoms with van der Waals surface area (Å²) in [4.78, 5) is 10.6. The molecule has 1 atom stereocenters. The number of halogens is 1. The summed E-state index contributed by atoms with van der Waals surface area (Å²) in [6, 6.07) is 0. The fraction of sp³-hybridized carbons (Fsp3) is 0.625. The summed E-state index contributed by atoms with van der Waals surface area (Å²) in [6.07, 6.45) is 0. The molecule has 0 radical (unpaired) electrons. The highest BCUT2D eigenvalue weighted by molar-refractivity contribution is 6.25. The Morgan fingerprint density at radius 3 is 2.00 bits per heavy atom. The Bertz CT molecular complexity index is 181. The van der Waals surface area contributed by atoms with Crippen molar-refractivity contribution in [1.82, 2.24) is 0 Å². The van der Waals surface area contributed by atoms with Crippen molar-refractivity contribution in [3.63, 3.8) is 0 Å². The fourth-order valence-electron chi connectivity index (χ4n) is 0.648. The first-order chi connectivity index (χ1) is 4.76. The maximum atomic E-state index is 10.6. The molecule has 0 aliphatic heterocycles. The molecule has 0 saturated heterocycles. The first-order valence-corrected chi connectivity index (χ1v) is 3.83. The Labute approximate surface area is 72.4 Å². The summed E-state index contributed by atoms with van der Waals surface area (Å²) in [5.41, 5.74) is 5.11. The predicted molar refractivity (Wildman–Crippen MR) is 47.4 cm³/mol. The van der Waals surface area contributed by atoms with Gasteiger partial charge in [-0.3, -0.25) is 4.79 Å². The zero-order chi connectivity index (χ0) is 9.23. The maximum absolute atomic E-state index is 10.6. The molecule has 0 fully saturated rings. The first kappa shape index (κ1) is 10.5. The molecule has 2 N–H and O–H groups in total. The molecule has 0 spiro atoms. The highest BCUT2D eigenvalue weighted by atomic mass is 35.5. The molecule has 0 aromatic carbocycles. The highest BCUT2D eigenvalue weighted by Crippen LogP contribution is 2.28. The van der Waals surface area contributed by atoms with Crippen LogP contribution in [0.1, 0.15) is 20.8 Å². The van der Waals surface area contributed by atoms with E-state index in [1.54, 1.807) is 0 Å². The Hall–Kier alpha value is -0.500. The second-order valence-corrected chi connectivity index (χ2v) is 4.05. The lowest BCUT2D eigenvalue weighted by Crippen LogP contribution is -2.29. The molecule has 1 unspecified atom stereocenters. The van der Waals surface area contributed by atoms with E-state index in [1.807, 2.05) is 20.8 Å². The number of amides is 1. The third kappa shape index (κ3) is 2.93. The number of rotatable bonds is 2. The smallest absolute Gasteiger partial charge is 0.245 e. The average molecular weight is 176 g/mol. The van der Waals surface area contributed by atoms with Crippen LogP contribution >= 0.6 is 11.6 Å². The van der Waals surface area contributed by atoms with Gasteiger partial charge in [-0.15, -0.1) is 11.6 Å². The van der Waals surface area contributed by atoms with E-state index in [2.05, 4.69) is 6.58 Å². The fourth-order valence-corrected chi connectivity index (χ4v) is 0.755. The van der Waals surface area contributed by atoms with Gasteiger partial charge in [0.1, 0.15) is 0 Å². The van der Waals surface area contributed by atoms with Crippen LogP contribution in [0, 0.1) is 5.41 Å². The summed E-state index contributed by atoms with van der Waals surface area (Å²) in [5.74, 6) is -0.528. The number of carbonyl (C=O) groups is 1. The van der Waals surface area contributed by atoms with E-state index in [4.69, 9.17) is 17.3 Å². The number of nitrogens with two attached hydrogens (primary N) is 1. The summed E-state index contributed by atoms with van der Waals surface area (Å²) < 4.78 is 0. The van der Waals surface area contributed by atoms with Gasteiger partial charge in [0.2, 0.25) is 5.91 Å². The second-order valence-electron chi connectivity index (χ2n) is 3.62. The topological polar surface area (TPSA) is 43.1 Å². The molecule has 11 heavy (non-hydrogen) atoms. The van der Waals surface area contributed by atoms with Crippen molar-refractivity contribution < 1.29 is 4.79 Å². The molecule has 64 valence electrons. The number of hydrogen-bond acceptors (Lipinski definition) is 1. The molecule has 1 amide bonds. The van der Waals surface area contributed by atoms with E-state index in [0.717, 1.165) is 0 Å². The van der Waals surface area contributed by atoms with Gasteiger partial charge in [-0.25, -0.2) is 0 Å². The standard InChI is InChI=1S/C8H14ClNO/c1-5(7(10)11)6(9)8(2,3)4/h6H,1H2,2-4H3,(H2,10,11). The van der Waals surface area contributed by atoms with Gasteiger partial charge in [0.05, 0.1) is 5.38 Å². The lowest BCUT2D eigenvalue weighted by atomic mass is 9.87. The van der Waals surface area contributed by atoms with Crippen molar-refractivity contribution in [1.29, 1.82) is 0 Å². The summed E-state index contributed by atoms with van der Waals surface area (Å²) in [7, 11) is 0. The van der Waals surface area contributed by atoms with E-state index in [9.17, 15) is 4.79 Å². The minimum absolute atomic E-state index is 0.173. The summed E-state index contributed by atoms with van der Waals surface area (Å²) >= 11 is 5.90. The van der Waals surface area contributed by atoms with Crippen LogP contribution < -0.4 is 5.73 Å². The molecule has 0 aromatic heterocycles. The zero-order valence-corrected chi connectivity index (χ0v) is 7.90. The van der Waals surface area contributed by atoms with E-state index in [0.29, 0.717) is 0 Å². The minimum atomic E-state index is -0.528. The molecule has 2 nitrogen and oxygen atoms in total. The van der Waals surface area contributed by atoms with Crippen LogP contribution in [0.2, 0.25) is 0 Å². The molecular formula is C8H14ClNO. The normalized spacial score (nSPS) is 14.2. The van der Waals surface area contributed by atoms with Gasteiger partial charge in [0.25, 0.3) is 0 Å². The molecule has 0 aliphatic rings. The molecular weight excluding hydrogens is 162 g/mol. The van der Waals surface area contributed by atoms with E-state index in [1.165, 1.54) is 0 Å². The Balaban J connectivity index is 4.38. The largest absolute Gasteiger partial charge is 0.366 e. The van der Waals surface area contributed by atoms with Crippen LogP contribution in [0.5, 0.6) is 0 Å². The van der Waals surface area contributed by atoms with Crippen LogP contribution in [0.3, 0.4) is 0 Å². The van der Waals surface area contributed by atoms with Gasteiger partial charge >= 0.3 is 0 Å². The minimum Gasteiger partial charge on any atom is -0.366 e. The lowest BCUT2D eigenvalue weighted by molar-refractivity contribution is -0.114. The third-order valence-electron chi connectivity index (χ3n) is 1.38. The monoisotopic (exact) mass is 175 g/mol. The molecule has 0 aliphatic carbocycles. The second kappa shape index (κ2) is 3.26. The molecule has 0 bridgehead atoms. The Morgan fingerprint density at radius 1 is 1.55 bits per heavy atom. The van der Waals surface area contributed by atoms with Gasteiger partial charge < -0.3 is 5.73 Å². The van der Waals surface area contributed by atoms with Crippen molar-refractivity contribution >= 4 is 17.5 Å². The van der Waals surface area contributed by atoms with Gasteiger partial charge in [-0.2, -0.15) is 0 Å². The number of primary amides is 1. The van der Waals surface area contributed by atoms with Crippen molar-refractivity contribution in [2.75, 3.05) is 0 Å². The molecule has 0 saturated carbocycles. The molecule has 0 heterocycles. The number of carbonyl (C=O) groups excluding carboxylic acids is 1. The van der Waals surface area contributed by atoms with Crippen molar-refractivity contribution in [2.24, 2.45) is 11.1 Å². The van der Waals surface area contributed by atoms with Crippen molar-refractivity contribution in [2.45, 2.75) is 26.1 Å². The van der Waals surface area contributed by atoms with E-state index < -0.39 is 5.91 Å². The van der Waals surface area contributed by atoms with Gasteiger partial charge in [0, 0.05) is 5.57 Å². The highest BCUT2D eigenvalue weighted by Gasteiger charge is 2.27.